The third-order valence-corrected chi connectivity index (χ3v) is 9.06. The molecule has 5 N–H and O–H groups in total. The van der Waals surface area contributed by atoms with Gasteiger partial charge in [-0.3, -0.25) is 9.69 Å². The standard InChI is InChI=1S/C35H49Cl2N5O/c1-25(2)17-33-23-41(22-31(39)20-29-12-13-30(36)21-34(29)37)32(9-5-6-15-40-16-14-38)24-42(33)35(43)19-26-10-11-27-7-3-4-8-28(27)18-26/h3-4,7-8,10-13,18,21,25,31-33,40H,5-6,9,14-17,19-20,22-24,38-39H2,1-2H3/t31?,32-,33+/m0/s1. The van der Waals surface area contributed by atoms with Crippen molar-refractivity contribution in [2.75, 3.05) is 39.3 Å². The van der Waals surface area contributed by atoms with Crippen LogP contribution < -0.4 is 16.8 Å². The second-order valence-electron chi connectivity index (χ2n) is 12.5. The zero-order valence-electron chi connectivity index (χ0n) is 25.8. The molecule has 1 saturated heterocycles. The molecule has 0 saturated carbocycles. The molecule has 6 nitrogen and oxygen atoms in total. The number of nitrogens with one attached hydrogen (secondary N) is 1. The van der Waals surface area contributed by atoms with Crippen LogP contribution in [0, 0.1) is 5.92 Å². The molecule has 0 bridgehead atoms. The fourth-order valence-corrected chi connectivity index (χ4v) is 6.86. The van der Waals surface area contributed by atoms with Crippen LogP contribution in [0.15, 0.2) is 60.7 Å². The van der Waals surface area contributed by atoms with Gasteiger partial charge in [0.05, 0.1) is 6.42 Å². The van der Waals surface area contributed by atoms with Gasteiger partial charge in [0.25, 0.3) is 0 Å². The fourth-order valence-electron chi connectivity index (χ4n) is 6.38. The first-order chi connectivity index (χ1) is 20.7. The number of halogens is 2. The summed E-state index contributed by atoms with van der Waals surface area (Å²) >= 11 is 12.6. The molecule has 3 atom stereocenters. The number of carbonyl (C=O) groups excluding carboxylic acids is 1. The van der Waals surface area contributed by atoms with Gasteiger partial charge in [0.15, 0.2) is 0 Å². The number of nitrogens with zero attached hydrogens (tertiary/aromatic N) is 2. The van der Waals surface area contributed by atoms with Gasteiger partial charge in [-0.25, -0.2) is 0 Å². The number of fused-ring (bicyclic) bond motifs is 1. The maximum absolute atomic E-state index is 14.0. The van der Waals surface area contributed by atoms with Gasteiger partial charge in [0, 0.05) is 60.9 Å². The summed E-state index contributed by atoms with van der Waals surface area (Å²) in [6.07, 6.45) is 5.25. The van der Waals surface area contributed by atoms with Crippen molar-refractivity contribution >= 4 is 39.9 Å². The van der Waals surface area contributed by atoms with Gasteiger partial charge in [0.1, 0.15) is 0 Å². The molecule has 3 aromatic carbocycles. The van der Waals surface area contributed by atoms with Crippen LogP contribution in [-0.4, -0.2) is 73.1 Å². The SMILES string of the molecule is CC(C)C[C@@H]1CN(CC(N)Cc2ccc(Cl)cc2Cl)[C@@H](CCCCNCCN)CN1C(=O)Cc1ccc2ccccc2c1. The highest BCUT2D eigenvalue weighted by Gasteiger charge is 2.36. The molecular weight excluding hydrogens is 577 g/mol. The Kier molecular flexibility index (Phi) is 13.1. The second kappa shape index (κ2) is 16.8. The molecule has 1 fully saturated rings. The molecule has 1 heterocycles. The summed E-state index contributed by atoms with van der Waals surface area (Å²) in [6.45, 7) is 9.25. The highest BCUT2D eigenvalue weighted by atomic mass is 35.5. The quantitative estimate of drug-likeness (QED) is 0.183. The van der Waals surface area contributed by atoms with Crippen LogP contribution >= 0.6 is 23.2 Å². The lowest BCUT2D eigenvalue weighted by Crippen LogP contribution is -2.62. The van der Waals surface area contributed by atoms with Crippen LogP contribution in [0.5, 0.6) is 0 Å². The molecular formula is C35H49Cl2N5O. The van der Waals surface area contributed by atoms with Crippen molar-refractivity contribution in [3.05, 3.63) is 81.8 Å². The number of hydrogen-bond acceptors (Lipinski definition) is 5. The predicted octanol–water partition coefficient (Wildman–Crippen LogP) is 5.91. The second-order valence-corrected chi connectivity index (χ2v) is 13.4. The summed E-state index contributed by atoms with van der Waals surface area (Å²) in [5.74, 6) is 0.696. The first kappa shape index (κ1) is 33.7. The summed E-state index contributed by atoms with van der Waals surface area (Å²) < 4.78 is 0. The van der Waals surface area contributed by atoms with E-state index in [0.29, 0.717) is 35.3 Å². The van der Waals surface area contributed by atoms with E-state index in [1.807, 2.05) is 24.3 Å². The number of rotatable bonds is 15. The Morgan fingerprint density at radius 3 is 2.51 bits per heavy atom. The van der Waals surface area contributed by atoms with E-state index in [2.05, 4.69) is 59.3 Å². The number of benzene rings is 3. The van der Waals surface area contributed by atoms with Crippen LogP contribution in [0.1, 0.15) is 50.7 Å². The Morgan fingerprint density at radius 1 is 0.977 bits per heavy atom. The lowest BCUT2D eigenvalue weighted by atomic mass is 9.93. The van der Waals surface area contributed by atoms with E-state index in [-0.39, 0.29) is 24.0 Å². The van der Waals surface area contributed by atoms with Crippen molar-refractivity contribution in [2.45, 2.75) is 70.5 Å². The van der Waals surface area contributed by atoms with Crippen molar-refractivity contribution in [1.29, 1.82) is 0 Å². The maximum atomic E-state index is 14.0. The minimum atomic E-state index is -0.0769. The normalized spacial score (nSPS) is 18.4. The van der Waals surface area contributed by atoms with E-state index in [1.54, 1.807) is 6.07 Å². The first-order valence-electron chi connectivity index (χ1n) is 15.8. The summed E-state index contributed by atoms with van der Waals surface area (Å²) in [6, 6.07) is 20.7. The van der Waals surface area contributed by atoms with E-state index in [0.717, 1.165) is 69.5 Å². The predicted molar refractivity (Wildman–Crippen MR) is 182 cm³/mol. The molecule has 4 rings (SSSR count). The van der Waals surface area contributed by atoms with E-state index >= 15 is 0 Å². The molecule has 1 amide bonds. The largest absolute Gasteiger partial charge is 0.337 e. The molecule has 0 aromatic heterocycles. The van der Waals surface area contributed by atoms with Crippen molar-refractivity contribution in [2.24, 2.45) is 17.4 Å². The summed E-state index contributed by atoms with van der Waals surface area (Å²) in [4.78, 5) is 18.7. The Morgan fingerprint density at radius 2 is 1.77 bits per heavy atom. The van der Waals surface area contributed by atoms with Gasteiger partial charge >= 0.3 is 0 Å². The third kappa shape index (κ3) is 10.2. The third-order valence-electron chi connectivity index (χ3n) is 8.47. The van der Waals surface area contributed by atoms with E-state index < -0.39 is 0 Å². The van der Waals surface area contributed by atoms with Crippen LogP contribution in [0.25, 0.3) is 10.8 Å². The zero-order chi connectivity index (χ0) is 30.8. The number of hydrogen-bond donors (Lipinski definition) is 3. The van der Waals surface area contributed by atoms with Gasteiger partial charge in [-0.2, -0.15) is 0 Å². The molecule has 1 aliphatic heterocycles. The minimum Gasteiger partial charge on any atom is -0.337 e. The monoisotopic (exact) mass is 625 g/mol. The molecule has 1 aliphatic rings. The number of unbranched alkanes of at least 4 members (excludes halogenated alkanes) is 1. The minimum absolute atomic E-state index is 0.0769. The van der Waals surface area contributed by atoms with Crippen LogP contribution in [0.2, 0.25) is 10.0 Å². The van der Waals surface area contributed by atoms with Crippen LogP contribution in [-0.2, 0) is 17.6 Å². The van der Waals surface area contributed by atoms with Crippen molar-refractivity contribution < 1.29 is 4.79 Å². The van der Waals surface area contributed by atoms with Crippen LogP contribution in [0.3, 0.4) is 0 Å². The Hall–Kier alpha value is -2.19. The Balaban J connectivity index is 1.49. The molecule has 0 aliphatic carbocycles. The number of piperazine rings is 1. The number of nitrogens with two attached hydrogens (primary N) is 2. The molecule has 3 aromatic rings. The fraction of sp³-hybridized carbons (Fsp3) is 0.514. The lowest BCUT2D eigenvalue weighted by molar-refractivity contribution is -0.138. The van der Waals surface area contributed by atoms with Gasteiger partial charge in [0.2, 0.25) is 5.91 Å². The van der Waals surface area contributed by atoms with Crippen molar-refractivity contribution in [1.82, 2.24) is 15.1 Å². The average Bonchev–Trinajstić information content (AvgIpc) is 2.97. The molecule has 0 spiro atoms. The molecule has 1 unspecified atom stereocenters. The van der Waals surface area contributed by atoms with E-state index in [9.17, 15) is 4.79 Å². The number of amides is 1. The van der Waals surface area contributed by atoms with Crippen molar-refractivity contribution in [3.63, 3.8) is 0 Å². The maximum Gasteiger partial charge on any atom is 0.227 e. The average molecular weight is 627 g/mol. The van der Waals surface area contributed by atoms with E-state index in [1.165, 1.54) is 10.8 Å². The highest BCUT2D eigenvalue weighted by molar-refractivity contribution is 6.35. The molecule has 0 radical (unpaired) electrons. The topological polar surface area (TPSA) is 87.6 Å². The molecule has 8 heteroatoms. The van der Waals surface area contributed by atoms with Crippen LogP contribution in [0.4, 0.5) is 0 Å². The smallest absolute Gasteiger partial charge is 0.227 e. The van der Waals surface area contributed by atoms with Gasteiger partial charge in [-0.05, 0) is 72.2 Å². The zero-order valence-corrected chi connectivity index (χ0v) is 27.3. The number of carbonyl (C=O) groups is 1. The van der Waals surface area contributed by atoms with Gasteiger partial charge < -0.3 is 21.7 Å². The molecule has 43 heavy (non-hydrogen) atoms. The summed E-state index contributed by atoms with van der Waals surface area (Å²) in [5.41, 5.74) is 14.5. The Bertz CT molecular complexity index is 1320. The lowest BCUT2D eigenvalue weighted by Gasteiger charge is -2.48. The molecule has 234 valence electrons. The highest BCUT2D eigenvalue weighted by Crippen LogP contribution is 2.27. The Labute approximate surface area is 268 Å². The van der Waals surface area contributed by atoms with E-state index in [4.69, 9.17) is 34.7 Å². The first-order valence-corrected chi connectivity index (χ1v) is 16.6. The van der Waals surface area contributed by atoms with Gasteiger partial charge in [-0.1, -0.05) is 92.0 Å². The summed E-state index contributed by atoms with van der Waals surface area (Å²) in [5, 5.41) is 7.06. The summed E-state index contributed by atoms with van der Waals surface area (Å²) in [7, 11) is 0. The van der Waals surface area contributed by atoms with Gasteiger partial charge in [-0.15, -0.1) is 0 Å². The van der Waals surface area contributed by atoms with Crippen molar-refractivity contribution in [3.8, 4) is 0 Å².